The van der Waals surface area contributed by atoms with Crippen LogP contribution in [0.4, 0.5) is 4.39 Å². The van der Waals surface area contributed by atoms with E-state index < -0.39 is 0 Å². The van der Waals surface area contributed by atoms with Gasteiger partial charge >= 0.3 is 5.69 Å². The molecule has 0 radical (unpaired) electrons. The molecule has 1 unspecified atom stereocenters. The van der Waals surface area contributed by atoms with Gasteiger partial charge in [0, 0.05) is 0 Å². The zero-order valence-corrected chi connectivity index (χ0v) is 11.8. The second-order valence-electron chi connectivity index (χ2n) is 5.11. The van der Waals surface area contributed by atoms with E-state index in [0.29, 0.717) is 0 Å². The second kappa shape index (κ2) is 5.18. The molecule has 0 amide bonds. The molecule has 3 N–H and O–H groups in total. The average Bonchev–Trinajstić information content (AvgIpc) is 2.83. The van der Waals surface area contributed by atoms with E-state index in [2.05, 4.69) is 15.3 Å². The van der Waals surface area contributed by atoms with E-state index in [0.717, 1.165) is 27.7 Å². The second-order valence-corrected chi connectivity index (χ2v) is 5.11. The number of aromatic amines is 2. The maximum atomic E-state index is 13.5. The van der Waals surface area contributed by atoms with Gasteiger partial charge in [-0.25, -0.2) is 9.18 Å². The van der Waals surface area contributed by atoms with E-state index in [9.17, 15) is 9.18 Å². The largest absolute Gasteiger partial charge is 0.323 e. The zero-order valence-electron chi connectivity index (χ0n) is 11.8. The minimum Gasteiger partial charge on any atom is -0.309 e. The lowest BCUT2D eigenvalue weighted by molar-refractivity contribution is 0.615. The molecule has 0 aliphatic carbocycles. The summed E-state index contributed by atoms with van der Waals surface area (Å²) in [6.07, 6.45) is 0. The molecule has 1 aromatic heterocycles. The lowest BCUT2D eigenvalue weighted by atomic mass is 9.95. The van der Waals surface area contributed by atoms with Crippen LogP contribution in [0.15, 0.2) is 41.2 Å². The van der Waals surface area contributed by atoms with Gasteiger partial charge in [0.2, 0.25) is 0 Å². The van der Waals surface area contributed by atoms with Gasteiger partial charge in [-0.1, -0.05) is 12.1 Å². The molecule has 5 heteroatoms. The van der Waals surface area contributed by atoms with Crippen LogP contribution in [0.2, 0.25) is 0 Å². The van der Waals surface area contributed by atoms with Crippen LogP contribution in [0.25, 0.3) is 11.0 Å². The first-order valence-electron chi connectivity index (χ1n) is 6.74. The minimum atomic E-state index is -0.257. The number of aromatic nitrogens is 2. The van der Waals surface area contributed by atoms with Crippen LogP contribution in [0.5, 0.6) is 0 Å². The smallest absolute Gasteiger partial charge is 0.309 e. The first-order chi connectivity index (χ1) is 10.1. The summed E-state index contributed by atoms with van der Waals surface area (Å²) < 4.78 is 13.5. The van der Waals surface area contributed by atoms with Crippen LogP contribution < -0.4 is 11.0 Å². The van der Waals surface area contributed by atoms with E-state index in [4.69, 9.17) is 0 Å². The highest BCUT2D eigenvalue weighted by Gasteiger charge is 2.16. The van der Waals surface area contributed by atoms with Gasteiger partial charge < -0.3 is 15.3 Å². The van der Waals surface area contributed by atoms with Gasteiger partial charge in [0.25, 0.3) is 0 Å². The van der Waals surface area contributed by atoms with Crippen molar-refractivity contribution in [1.29, 1.82) is 0 Å². The molecule has 0 aliphatic rings. The van der Waals surface area contributed by atoms with Crippen molar-refractivity contribution in [3.63, 3.8) is 0 Å². The Kier molecular flexibility index (Phi) is 3.35. The number of aryl methyl sites for hydroxylation is 1. The number of rotatable bonds is 3. The molecule has 0 saturated heterocycles. The fourth-order valence-corrected chi connectivity index (χ4v) is 2.65. The summed E-state index contributed by atoms with van der Waals surface area (Å²) in [7, 11) is 1.83. The van der Waals surface area contributed by atoms with Crippen LogP contribution in [-0.4, -0.2) is 17.0 Å². The zero-order chi connectivity index (χ0) is 15.0. The van der Waals surface area contributed by atoms with Crippen LogP contribution in [0, 0.1) is 12.7 Å². The summed E-state index contributed by atoms with van der Waals surface area (Å²) >= 11 is 0. The van der Waals surface area contributed by atoms with Crippen LogP contribution in [0.3, 0.4) is 0 Å². The third-order valence-corrected chi connectivity index (χ3v) is 3.71. The summed E-state index contributed by atoms with van der Waals surface area (Å²) in [6, 6.07) is 10.3. The van der Waals surface area contributed by atoms with Gasteiger partial charge in [-0.15, -0.1) is 0 Å². The molecule has 108 valence electrons. The number of halogens is 1. The van der Waals surface area contributed by atoms with E-state index in [1.54, 1.807) is 12.1 Å². The summed E-state index contributed by atoms with van der Waals surface area (Å²) in [5, 5.41) is 3.21. The van der Waals surface area contributed by atoms with E-state index >= 15 is 0 Å². The fraction of sp³-hybridized carbons (Fsp3) is 0.188. The lowest BCUT2D eigenvalue weighted by Crippen LogP contribution is -2.18. The number of nitrogens with one attached hydrogen (secondary N) is 3. The molecule has 21 heavy (non-hydrogen) atoms. The predicted octanol–water partition coefficient (Wildman–Crippen LogP) is 2.61. The summed E-state index contributed by atoms with van der Waals surface area (Å²) in [4.78, 5) is 16.8. The number of hydrogen-bond donors (Lipinski definition) is 3. The third-order valence-electron chi connectivity index (χ3n) is 3.71. The number of fused-ring (bicyclic) bond motifs is 1. The number of benzene rings is 2. The first-order valence-corrected chi connectivity index (χ1v) is 6.74. The maximum Gasteiger partial charge on any atom is 0.323 e. The van der Waals surface area contributed by atoms with Crippen molar-refractivity contribution in [1.82, 2.24) is 15.3 Å². The topological polar surface area (TPSA) is 60.7 Å². The fourth-order valence-electron chi connectivity index (χ4n) is 2.65. The van der Waals surface area contributed by atoms with Gasteiger partial charge in [0.15, 0.2) is 0 Å². The Labute approximate surface area is 121 Å². The highest BCUT2D eigenvalue weighted by molar-refractivity contribution is 5.75. The van der Waals surface area contributed by atoms with Crippen LogP contribution >= 0.6 is 0 Å². The molecule has 0 aliphatic heterocycles. The van der Waals surface area contributed by atoms with Gasteiger partial charge in [-0.2, -0.15) is 0 Å². The third kappa shape index (κ3) is 2.48. The Balaban J connectivity index is 2.12. The van der Waals surface area contributed by atoms with Gasteiger partial charge in [0.05, 0.1) is 17.1 Å². The lowest BCUT2D eigenvalue weighted by Gasteiger charge is -2.19. The van der Waals surface area contributed by atoms with E-state index in [1.807, 2.05) is 32.2 Å². The Morgan fingerprint density at radius 2 is 1.86 bits per heavy atom. The number of H-pyrrole nitrogens is 2. The van der Waals surface area contributed by atoms with Crippen molar-refractivity contribution in [2.45, 2.75) is 13.0 Å². The molecule has 1 atom stereocenters. The molecular formula is C16H16FN3O. The molecule has 0 fully saturated rings. The highest BCUT2D eigenvalue weighted by Crippen LogP contribution is 2.26. The van der Waals surface area contributed by atoms with E-state index in [-0.39, 0.29) is 17.5 Å². The molecule has 1 heterocycles. The van der Waals surface area contributed by atoms with Crippen molar-refractivity contribution in [3.8, 4) is 0 Å². The summed E-state index contributed by atoms with van der Waals surface area (Å²) in [6.45, 7) is 1.95. The molecular weight excluding hydrogens is 269 g/mol. The molecule has 0 spiro atoms. The van der Waals surface area contributed by atoms with E-state index in [1.165, 1.54) is 6.07 Å². The predicted molar refractivity (Wildman–Crippen MR) is 81.0 cm³/mol. The van der Waals surface area contributed by atoms with Gasteiger partial charge in [-0.3, -0.25) is 0 Å². The van der Waals surface area contributed by atoms with Crippen LogP contribution in [0.1, 0.15) is 22.7 Å². The number of hydrogen-bond acceptors (Lipinski definition) is 2. The Morgan fingerprint density at radius 1 is 1.10 bits per heavy atom. The SMILES string of the molecule is CNC(c1ccc2[nH]c(=O)[nH]c2c1)c1cc(F)ccc1C. The van der Waals surface area contributed by atoms with Gasteiger partial charge in [-0.05, 0) is 54.9 Å². The van der Waals surface area contributed by atoms with Crippen molar-refractivity contribution in [3.05, 3.63) is 69.4 Å². The molecule has 0 saturated carbocycles. The number of imidazole rings is 1. The monoisotopic (exact) mass is 285 g/mol. The first kappa shape index (κ1) is 13.6. The Hall–Kier alpha value is -2.40. The maximum absolute atomic E-state index is 13.5. The van der Waals surface area contributed by atoms with Gasteiger partial charge in [0.1, 0.15) is 5.82 Å². The quantitative estimate of drug-likeness (QED) is 0.692. The Bertz CT molecular complexity index is 850. The molecule has 0 bridgehead atoms. The minimum absolute atomic E-state index is 0.136. The van der Waals surface area contributed by atoms with Crippen molar-refractivity contribution < 1.29 is 4.39 Å². The normalized spacial score (nSPS) is 12.7. The molecule has 4 nitrogen and oxygen atoms in total. The summed E-state index contributed by atoms with van der Waals surface area (Å²) in [5.74, 6) is -0.257. The molecule has 2 aromatic carbocycles. The Morgan fingerprint density at radius 3 is 2.62 bits per heavy atom. The van der Waals surface area contributed by atoms with Crippen LogP contribution in [-0.2, 0) is 0 Å². The van der Waals surface area contributed by atoms with Crippen molar-refractivity contribution in [2.24, 2.45) is 0 Å². The van der Waals surface area contributed by atoms with Crippen molar-refractivity contribution in [2.75, 3.05) is 7.05 Å². The highest BCUT2D eigenvalue weighted by atomic mass is 19.1. The summed E-state index contributed by atoms with van der Waals surface area (Å²) in [5.41, 5.74) is 4.13. The van der Waals surface area contributed by atoms with Crippen molar-refractivity contribution >= 4 is 11.0 Å². The standard InChI is InChI=1S/C16H16FN3O/c1-9-3-5-11(17)8-12(9)15(18-2)10-4-6-13-14(7-10)20-16(21)19-13/h3-8,15,18H,1-2H3,(H2,19,20,21). The average molecular weight is 285 g/mol. The molecule has 3 rings (SSSR count). The molecule has 3 aromatic rings.